The summed E-state index contributed by atoms with van der Waals surface area (Å²) in [6.07, 6.45) is 6.44. The Bertz CT molecular complexity index is 558. The van der Waals surface area contributed by atoms with Crippen molar-refractivity contribution in [2.45, 2.75) is 19.5 Å². The molecule has 1 aromatic heterocycles. The van der Waals surface area contributed by atoms with E-state index in [2.05, 4.69) is 26.2 Å². The number of hydrogen-bond acceptors (Lipinski definition) is 4. The maximum atomic E-state index is 5.86. The number of aromatic nitrogens is 2. The highest BCUT2D eigenvalue weighted by atomic mass is 79.9. The molecule has 0 radical (unpaired) electrons. The molecule has 21 heavy (non-hydrogen) atoms. The van der Waals surface area contributed by atoms with E-state index in [-0.39, 0.29) is 0 Å². The molecule has 0 spiro atoms. The molecule has 1 heterocycles. The van der Waals surface area contributed by atoms with Crippen LogP contribution in [0.5, 0.6) is 11.5 Å². The molecule has 0 aliphatic carbocycles. The Morgan fingerprint density at radius 1 is 1.38 bits per heavy atom. The van der Waals surface area contributed by atoms with E-state index in [1.165, 1.54) is 0 Å². The summed E-state index contributed by atoms with van der Waals surface area (Å²) in [6.45, 7) is 2.30. The van der Waals surface area contributed by atoms with E-state index < -0.39 is 0 Å². The average Bonchev–Trinajstić information content (AvgIpc) is 2.98. The summed E-state index contributed by atoms with van der Waals surface area (Å²) in [5.74, 6) is 1.50. The van der Waals surface area contributed by atoms with Crippen LogP contribution in [0.4, 0.5) is 0 Å². The molecule has 0 saturated heterocycles. The van der Waals surface area contributed by atoms with Crippen LogP contribution in [0.25, 0.3) is 0 Å². The van der Waals surface area contributed by atoms with Gasteiger partial charge >= 0.3 is 0 Å². The van der Waals surface area contributed by atoms with Crippen molar-refractivity contribution in [1.29, 1.82) is 0 Å². The second kappa shape index (κ2) is 8.05. The van der Waals surface area contributed by atoms with Crippen molar-refractivity contribution >= 4 is 15.9 Å². The van der Waals surface area contributed by atoms with Gasteiger partial charge < -0.3 is 19.4 Å². The number of imidazole rings is 1. The predicted octanol–water partition coefficient (Wildman–Crippen LogP) is 2.84. The summed E-state index contributed by atoms with van der Waals surface area (Å²) in [4.78, 5) is 4.02. The number of ether oxygens (including phenoxy) is 2. The minimum Gasteiger partial charge on any atom is -0.493 e. The Kier molecular flexibility index (Phi) is 6.07. The zero-order valence-corrected chi connectivity index (χ0v) is 13.9. The Balaban J connectivity index is 1.95. The Morgan fingerprint density at radius 2 is 2.24 bits per heavy atom. The van der Waals surface area contributed by atoms with Crippen molar-refractivity contribution in [3.8, 4) is 11.5 Å². The van der Waals surface area contributed by atoms with Crippen molar-refractivity contribution in [2.75, 3.05) is 20.8 Å². The molecule has 0 saturated carbocycles. The van der Waals surface area contributed by atoms with Crippen LogP contribution >= 0.6 is 15.9 Å². The molecule has 5 nitrogen and oxygen atoms in total. The topological polar surface area (TPSA) is 48.3 Å². The van der Waals surface area contributed by atoms with Crippen LogP contribution in [0, 0.1) is 0 Å². The van der Waals surface area contributed by atoms with Crippen LogP contribution in [0.15, 0.2) is 35.3 Å². The third-order valence-corrected chi connectivity index (χ3v) is 3.63. The smallest absolute Gasteiger partial charge is 0.175 e. The van der Waals surface area contributed by atoms with Crippen molar-refractivity contribution in [2.24, 2.45) is 0 Å². The largest absolute Gasteiger partial charge is 0.493 e. The van der Waals surface area contributed by atoms with Gasteiger partial charge in [-0.05, 0) is 47.1 Å². The highest BCUT2D eigenvalue weighted by molar-refractivity contribution is 9.10. The van der Waals surface area contributed by atoms with Gasteiger partial charge in [-0.1, -0.05) is 0 Å². The van der Waals surface area contributed by atoms with Gasteiger partial charge in [0.1, 0.15) is 0 Å². The number of methoxy groups -OCH3 is 1. The lowest BCUT2D eigenvalue weighted by Crippen LogP contribution is -2.07. The van der Waals surface area contributed by atoms with Crippen molar-refractivity contribution in [3.63, 3.8) is 0 Å². The molecule has 1 aromatic carbocycles. The summed E-state index contributed by atoms with van der Waals surface area (Å²) in [5.41, 5.74) is 1.15. The number of halogens is 1. The Morgan fingerprint density at radius 3 is 2.90 bits per heavy atom. The van der Waals surface area contributed by atoms with Gasteiger partial charge in [-0.15, -0.1) is 0 Å². The average molecular weight is 354 g/mol. The summed E-state index contributed by atoms with van der Waals surface area (Å²) in [5, 5.41) is 3.12. The lowest BCUT2D eigenvalue weighted by atomic mass is 10.2. The third-order valence-electron chi connectivity index (χ3n) is 3.04. The summed E-state index contributed by atoms with van der Waals surface area (Å²) >= 11 is 3.55. The van der Waals surface area contributed by atoms with Crippen LogP contribution in [-0.4, -0.2) is 30.3 Å². The molecule has 6 heteroatoms. The molecule has 0 atom stereocenters. The minimum atomic E-state index is 0.624. The Hall–Kier alpha value is -1.53. The second-order valence-electron chi connectivity index (χ2n) is 4.64. The number of hydrogen-bond donors (Lipinski definition) is 1. The first-order valence-corrected chi connectivity index (χ1v) is 7.63. The summed E-state index contributed by atoms with van der Waals surface area (Å²) in [7, 11) is 3.57. The quantitative estimate of drug-likeness (QED) is 0.741. The number of nitrogens with zero attached hydrogens (tertiary/aromatic N) is 2. The summed E-state index contributed by atoms with van der Waals surface area (Å²) < 4.78 is 14.2. The van der Waals surface area contributed by atoms with E-state index in [0.717, 1.165) is 41.0 Å². The molecule has 0 aliphatic heterocycles. The number of nitrogens with one attached hydrogen (secondary N) is 1. The van der Waals surface area contributed by atoms with E-state index in [1.807, 2.05) is 36.3 Å². The van der Waals surface area contributed by atoms with Crippen LogP contribution in [0.3, 0.4) is 0 Å². The molecular weight excluding hydrogens is 334 g/mol. The Labute approximate surface area is 133 Å². The predicted molar refractivity (Wildman–Crippen MR) is 85.8 cm³/mol. The van der Waals surface area contributed by atoms with E-state index in [1.54, 1.807) is 13.3 Å². The SMILES string of the molecule is CNCc1cc(Br)c(OCCCn2ccnc2)c(OC)c1. The maximum Gasteiger partial charge on any atom is 0.175 e. The van der Waals surface area contributed by atoms with Gasteiger partial charge in [-0.3, -0.25) is 0 Å². The lowest BCUT2D eigenvalue weighted by Gasteiger charge is -2.14. The first-order chi connectivity index (χ1) is 10.2. The first-order valence-electron chi connectivity index (χ1n) is 6.84. The molecule has 0 bridgehead atoms. The fraction of sp³-hybridized carbons (Fsp3) is 0.400. The molecule has 0 aliphatic rings. The van der Waals surface area contributed by atoms with Crippen molar-refractivity contribution in [1.82, 2.24) is 14.9 Å². The van der Waals surface area contributed by atoms with Crippen LogP contribution in [-0.2, 0) is 13.1 Å². The van der Waals surface area contributed by atoms with Gasteiger partial charge in [-0.2, -0.15) is 0 Å². The standard InChI is InChI=1S/C15H20BrN3O2/c1-17-10-12-8-13(16)15(14(9-12)20-2)21-7-3-5-19-6-4-18-11-19/h4,6,8-9,11,17H,3,5,7,10H2,1-2H3. The normalized spacial score (nSPS) is 10.6. The molecule has 0 unspecified atom stereocenters. The minimum absolute atomic E-state index is 0.624. The lowest BCUT2D eigenvalue weighted by molar-refractivity contribution is 0.280. The first kappa shape index (κ1) is 15.9. The fourth-order valence-electron chi connectivity index (χ4n) is 2.06. The number of rotatable bonds is 8. The van der Waals surface area contributed by atoms with Gasteiger partial charge in [0, 0.05) is 25.5 Å². The fourth-order valence-corrected chi connectivity index (χ4v) is 2.66. The molecule has 1 N–H and O–H groups in total. The summed E-state index contributed by atoms with van der Waals surface area (Å²) in [6, 6.07) is 4.04. The van der Waals surface area contributed by atoms with Crippen LogP contribution < -0.4 is 14.8 Å². The van der Waals surface area contributed by atoms with E-state index in [9.17, 15) is 0 Å². The highest BCUT2D eigenvalue weighted by Crippen LogP contribution is 2.36. The van der Waals surface area contributed by atoms with Gasteiger partial charge in [-0.25, -0.2) is 4.98 Å². The maximum absolute atomic E-state index is 5.86. The number of aryl methyl sites for hydroxylation is 1. The van der Waals surface area contributed by atoms with Gasteiger partial charge in [0.2, 0.25) is 0 Å². The van der Waals surface area contributed by atoms with Crippen LogP contribution in [0.1, 0.15) is 12.0 Å². The zero-order valence-electron chi connectivity index (χ0n) is 12.3. The molecule has 2 rings (SSSR count). The van der Waals surface area contributed by atoms with Gasteiger partial charge in [0.15, 0.2) is 11.5 Å². The monoisotopic (exact) mass is 353 g/mol. The number of benzene rings is 1. The van der Waals surface area contributed by atoms with Crippen molar-refractivity contribution < 1.29 is 9.47 Å². The molecular formula is C15H20BrN3O2. The van der Waals surface area contributed by atoms with E-state index in [4.69, 9.17) is 9.47 Å². The van der Waals surface area contributed by atoms with Gasteiger partial charge in [0.05, 0.1) is 24.5 Å². The van der Waals surface area contributed by atoms with Crippen LogP contribution in [0.2, 0.25) is 0 Å². The molecule has 2 aromatic rings. The second-order valence-corrected chi connectivity index (χ2v) is 5.50. The third kappa shape index (κ3) is 4.47. The molecule has 114 valence electrons. The molecule has 0 amide bonds. The molecule has 0 fully saturated rings. The van der Waals surface area contributed by atoms with Gasteiger partial charge in [0.25, 0.3) is 0 Å². The zero-order chi connectivity index (χ0) is 15.1. The van der Waals surface area contributed by atoms with Crippen molar-refractivity contribution in [3.05, 3.63) is 40.9 Å². The van der Waals surface area contributed by atoms with E-state index in [0.29, 0.717) is 6.61 Å². The highest BCUT2D eigenvalue weighted by Gasteiger charge is 2.11. The van der Waals surface area contributed by atoms with E-state index >= 15 is 0 Å².